The van der Waals surface area contributed by atoms with E-state index in [2.05, 4.69) is 0 Å². The molecule has 1 rings (SSSR count). The van der Waals surface area contributed by atoms with Gasteiger partial charge in [-0.3, -0.25) is 4.79 Å². The van der Waals surface area contributed by atoms with Gasteiger partial charge in [-0.2, -0.15) is 0 Å². The number of carboxylic acid groups (broad SMARTS) is 1. The van der Waals surface area contributed by atoms with E-state index in [0.29, 0.717) is 12.8 Å². The van der Waals surface area contributed by atoms with Gasteiger partial charge >= 0.3 is 5.97 Å². The topological polar surface area (TPSA) is 98.0 Å². The molecule has 134 valence electrons. The minimum absolute atomic E-state index is 0.0457. The highest BCUT2D eigenvalue weighted by atomic mass is 16.4. The van der Waals surface area contributed by atoms with Gasteiger partial charge in [-0.25, -0.2) is 0 Å². The van der Waals surface area contributed by atoms with Crippen LogP contribution in [0.4, 0.5) is 0 Å². The number of aliphatic hydroxyl groups is 3. The zero-order chi connectivity index (χ0) is 17.2. The van der Waals surface area contributed by atoms with Crippen LogP contribution in [0.1, 0.15) is 64.7 Å². The van der Waals surface area contributed by atoms with Crippen molar-refractivity contribution in [2.75, 3.05) is 0 Å². The summed E-state index contributed by atoms with van der Waals surface area (Å²) in [6.45, 7) is 1.90. The van der Waals surface area contributed by atoms with Crippen molar-refractivity contribution in [2.24, 2.45) is 11.8 Å². The van der Waals surface area contributed by atoms with Gasteiger partial charge in [0.05, 0.1) is 18.3 Å². The maximum absolute atomic E-state index is 10.4. The fraction of sp³-hybridized carbons (Fsp3) is 0.833. The number of unbranched alkanes of at least 4 members (excludes halogenated alkanes) is 4. The lowest BCUT2D eigenvalue weighted by Crippen LogP contribution is -2.21. The second-order valence-electron chi connectivity index (χ2n) is 6.67. The van der Waals surface area contributed by atoms with Crippen LogP contribution in [0, 0.1) is 11.8 Å². The molecule has 1 aliphatic rings. The van der Waals surface area contributed by atoms with E-state index in [1.807, 2.05) is 13.0 Å². The van der Waals surface area contributed by atoms with E-state index in [1.165, 1.54) is 0 Å². The zero-order valence-electron chi connectivity index (χ0n) is 14.1. The van der Waals surface area contributed by atoms with Crippen molar-refractivity contribution in [1.29, 1.82) is 0 Å². The van der Waals surface area contributed by atoms with Gasteiger partial charge in [-0.05, 0) is 25.2 Å². The monoisotopic (exact) mass is 328 g/mol. The average Bonchev–Trinajstić information content (AvgIpc) is 2.77. The largest absolute Gasteiger partial charge is 0.481 e. The molecule has 0 aromatic heterocycles. The Hall–Kier alpha value is -0.910. The Morgan fingerprint density at radius 3 is 2.43 bits per heavy atom. The predicted molar refractivity (Wildman–Crippen MR) is 89.0 cm³/mol. The Labute approximate surface area is 139 Å². The number of hydrogen-bond donors (Lipinski definition) is 4. The van der Waals surface area contributed by atoms with Gasteiger partial charge in [0.1, 0.15) is 0 Å². The predicted octanol–water partition coefficient (Wildman–Crippen LogP) is 2.49. The molecule has 0 bridgehead atoms. The van der Waals surface area contributed by atoms with Crippen LogP contribution in [0.2, 0.25) is 0 Å². The summed E-state index contributed by atoms with van der Waals surface area (Å²) in [5.74, 6) is -0.778. The van der Waals surface area contributed by atoms with Crippen molar-refractivity contribution < 1.29 is 25.2 Å². The van der Waals surface area contributed by atoms with Gasteiger partial charge in [-0.1, -0.05) is 44.8 Å². The summed E-state index contributed by atoms with van der Waals surface area (Å²) in [6.07, 6.45) is 8.87. The number of hydrogen-bond acceptors (Lipinski definition) is 4. The summed E-state index contributed by atoms with van der Waals surface area (Å²) in [7, 11) is 0. The first-order valence-electron chi connectivity index (χ1n) is 8.90. The highest BCUT2D eigenvalue weighted by Gasteiger charge is 2.39. The smallest absolute Gasteiger partial charge is 0.303 e. The molecule has 0 radical (unpaired) electrons. The van der Waals surface area contributed by atoms with Crippen molar-refractivity contribution in [3.8, 4) is 0 Å². The lowest BCUT2D eigenvalue weighted by atomic mass is 9.88. The first-order valence-corrected chi connectivity index (χ1v) is 8.90. The fourth-order valence-electron chi connectivity index (χ4n) is 3.36. The molecular formula is C18H32O5. The maximum Gasteiger partial charge on any atom is 0.303 e. The molecule has 0 aliphatic heterocycles. The highest BCUT2D eigenvalue weighted by Crippen LogP contribution is 2.37. The molecule has 0 unspecified atom stereocenters. The number of aliphatic hydroxyl groups excluding tert-OH is 3. The van der Waals surface area contributed by atoms with E-state index in [0.717, 1.165) is 38.5 Å². The fourth-order valence-corrected chi connectivity index (χ4v) is 3.36. The molecule has 0 aromatic carbocycles. The van der Waals surface area contributed by atoms with Crippen LogP contribution in [0.3, 0.4) is 0 Å². The lowest BCUT2D eigenvalue weighted by Gasteiger charge is -2.21. The number of carboxylic acids is 1. The summed E-state index contributed by atoms with van der Waals surface area (Å²) < 4.78 is 0. The zero-order valence-corrected chi connectivity index (χ0v) is 14.1. The van der Waals surface area contributed by atoms with Crippen LogP contribution < -0.4 is 0 Å². The molecular weight excluding hydrogens is 296 g/mol. The van der Waals surface area contributed by atoms with Gasteiger partial charge in [0.15, 0.2) is 0 Å². The lowest BCUT2D eigenvalue weighted by molar-refractivity contribution is -0.137. The minimum Gasteiger partial charge on any atom is -0.481 e. The highest BCUT2D eigenvalue weighted by molar-refractivity contribution is 5.66. The first kappa shape index (κ1) is 20.1. The maximum atomic E-state index is 10.4. The summed E-state index contributed by atoms with van der Waals surface area (Å²) in [4.78, 5) is 10.4. The van der Waals surface area contributed by atoms with Gasteiger partial charge in [0.2, 0.25) is 0 Å². The third-order valence-electron chi connectivity index (χ3n) is 4.82. The molecule has 0 saturated heterocycles. The standard InChI is InChI=1S/C18H32O5/c1-2-13(19)10-11-15-14(16(20)12-17(15)21)8-6-4-3-5-7-9-18(22)23/h10-11,13-17,19-21H,2-9,12H2,1H3,(H,22,23)/b11-10+/t13-,14+,15-,16+,17-/m1/s1. The Balaban J connectivity index is 2.31. The van der Waals surface area contributed by atoms with E-state index in [9.17, 15) is 20.1 Å². The third kappa shape index (κ3) is 7.46. The second kappa shape index (κ2) is 10.8. The number of aliphatic carboxylic acids is 1. The van der Waals surface area contributed by atoms with E-state index in [-0.39, 0.29) is 18.3 Å². The number of rotatable bonds is 11. The Kier molecular flexibility index (Phi) is 9.44. The van der Waals surface area contributed by atoms with Crippen molar-refractivity contribution in [1.82, 2.24) is 0 Å². The Morgan fingerprint density at radius 2 is 1.78 bits per heavy atom. The quantitative estimate of drug-likeness (QED) is 0.345. The van der Waals surface area contributed by atoms with Crippen molar-refractivity contribution in [3.63, 3.8) is 0 Å². The van der Waals surface area contributed by atoms with Crippen molar-refractivity contribution in [3.05, 3.63) is 12.2 Å². The minimum atomic E-state index is -0.739. The van der Waals surface area contributed by atoms with Crippen molar-refractivity contribution in [2.45, 2.75) is 83.0 Å². The molecule has 5 atom stereocenters. The first-order chi connectivity index (χ1) is 11.0. The van der Waals surface area contributed by atoms with E-state index < -0.39 is 24.3 Å². The van der Waals surface area contributed by atoms with Gasteiger partial charge in [-0.15, -0.1) is 0 Å². The second-order valence-corrected chi connectivity index (χ2v) is 6.67. The van der Waals surface area contributed by atoms with Crippen LogP contribution in [0.25, 0.3) is 0 Å². The SMILES string of the molecule is CC[C@@H](O)/C=C/[C@@H]1[C@H](CCCCCCCC(=O)O)[C@@H](O)C[C@H]1O. The van der Waals surface area contributed by atoms with Gasteiger partial charge in [0.25, 0.3) is 0 Å². The molecule has 0 spiro atoms. The summed E-state index contributed by atoms with van der Waals surface area (Å²) >= 11 is 0. The van der Waals surface area contributed by atoms with Crippen LogP contribution >= 0.6 is 0 Å². The summed E-state index contributed by atoms with van der Waals surface area (Å²) in [6, 6.07) is 0. The molecule has 1 saturated carbocycles. The van der Waals surface area contributed by atoms with Gasteiger partial charge in [0, 0.05) is 18.8 Å². The molecule has 1 aliphatic carbocycles. The molecule has 5 heteroatoms. The van der Waals surface area contributed by atoms with E-state index >= 15 is 0 Å². The molecule has 5 nitrogen and oxygen atoms in total. The van der Waals surface area contributed by atoms with Gasteiger partial charge < -0.3 is 20.4 Å². The average molecular weight is 328 g/mol. The Bertz CT molecular complexity index is 368. The van der Waals surface area contributed by atoms with E-state index in [1.54, 1.807) is 6.08 Å². The Morgan fingerprint density at radius 1 is 1.13 bits per heavy atom. The molecule has 1 fully saturated rings. The normalized spacial score (nSPS) is 29.2. The molecule has 0 heterocycles. The molecule has 0 aromatic rings. The summed E-state index contributed by atoms with van der Waals surface area (Å²) in [5.41, 5.74) is 0. The molecule has 4 N–H and O–H groups in total. The van der Waals surface area contributed by atoms with Crippen LogP contribution in [0.15, 0.2) is 12.2 Å². The third-order valence-corrected chi connectivity index (χ3v) is 4.82. The van der Waals surface area contributed by atoms with Crippen LogP contribution in [-0.2, 0) is 4.79 Å². The number of carbonyl (C=O) groups is 1. The summed E-state index contributed by atoms with van der Waals surface area (Å²) in [5, 5.41) is 38.4. The van der Waals surface area contributed by atoms with Crippen LogP contribution in [-0.4, -0.2) is 44.7 Å². The van der Waals surface area contributed by atoms with Crippen LogP contribution in [0.5, 0.6) is 0 Å². The van der Waals surface area contributed by atoms with E-state index in [4.69, 9.17) is 5.11 Å². The van der Waals surface area contributed by atoms with Crippen molar-refractivity contribution >= 4 is 5.97 Å². The molecule has 0 amide bonds. The molecule has 23 heavy (non-hydrogen) atoms.